The van der Waals surface area contributed by atoms with Crippen molar-refractivity contribution in [1.82, 2.24) is 15.3 Å². The van der Waals surface area contributed by atoms with E-state index in [1.54, 1.807) is 4.90 Å². The predicted molar refractivity (Wildman–Crippen MR) is 108 cm³/mol. The van der Waals surface area contributed by atoms with E-state index in [-0.39, 0.29) is 37.3 Å². The van der Waals surface area contributed by atoms with Gasteiger partial charge in [-0.1, -0.05) is 30.3 Å². The minimum Gasteiger partial charge on any atom is -0.369 e. The minimum absolute atomic E-state index is 0. The SMILES string of the molecule is Cl.O=C(NCc1ccccc1)C1CC2(CO1)CN(c1cc(C(F)(F)F)ncn1)CCO2. The van der Waals surface area contributed by atoms with Gasteiger partial charge in [0.25, 0.3) is 0 Å². The first-order valence-electron chi connectivity index (χ1n) is 9.56. The summed E-state index contributed by atoms with van der Waals surface area (Å²) in [6.45, 7) is 1.54. The van der Waals surface area contributed by atoms with E-state index >= 15 is 0 Å². The third-order valence-electron chi connectivity index (χ3n) is 5.22. The van der Waals surface area contributed by atoms with Crippen LogP contribution >= 0.6 is 12.4 Å². The molecule has 2 unspecified atom stereocenters. The van der Waals surface area contributed by atoms with Crippen LogP contribution in [0.1, 0.15) is 17.7 Å². The van der Waals surface area contributed by atoms with Gasteiger partial charge in [-0.25, -0.2) is 9.97 Å². The Bertz CT molecular complexity index is 903. The molecule has 2 fully saturated rings. The summed E-state index contributed by atoms with van der Waals surface area (Å²) in [6.07, 6.45) is -3.99. The van der Waals surface area contributed by atoms with Crippen LogP contribution in [0.15, 0.2) is 42.7 Å². The molecule has 1 aromatic heterocycles. The summed E-state index contributed by atoms with van der Waals surface area (Å²) >= 11 is 0. The van der Waals surface area contributed by atoms with E-state index in [9.17, 15) is 18.0 Å². The summed E-state index contributed by atoms with van der Waals surface area (Å²) in [6, 6.07) is 10.4. The van der Waals surface area contributed by atoms with Crippen molar-refractivity contribution in [2.24, 2.45) is 0 Å². The van der Waals surface area contributed by atoms with Crippen molar-refractivity contribution in [3.05, 3.63) is 54.0 Å². The smallest absolute Gasteiger partial charge is 0.369 e. The third kappa shape index (κ3) is 5.44. The molecule has 168 valence electrons. The zero-order chi connectivity index (χ0) is 21.2. The van der Waals surface area contributed by atoms with Crippen LogP contribution in [-0.4, -0.2) is 53.9 Å². The molecule has 2 aromatic rings. The van der Waals surface area contributed by atoms with Gasteiger partial charge in [-0.3, -0.25) is 4.79 Å². The molecule has 0 saturated carbocycles. The number of anilines is 1. The Morgan fingerprint density at radius 3 is 2.77 bits per heavy atom. The molecule has 0 radical (unpaired) electrons. The maximum atomic E-state index is 13.0. The van der Waals surface area contributed by atoms with Crippen LogP contribution in [0.3, 0.4) is 0 Å². The Balaban J connectivity index is 0.00000272. The van der Waals surface area contributed by atoms with Gasteiger partial charge in [0.05, 0.1) is 19.8 Å². The summed E-state index contributed by atoms with van der Waals surface area (Å²) in [5, 5.41) is 2.85. The molecule has 2 atom stereocenters. The van der Waals surface area contributed by atoms with Crippen LogP contribution in [0, 0.1) is 0 Å². The first kappa shape index (κ1) is 23.2. The van der Waals surface area contributed by atoms with E-state index in [4.69, 9.17) is 9.47 Å². The number of benzene rings is 1. The van der Waals surface area contributed by atoms with Gasteiger partial charge >= 0.3 is 6.18 Å². The van der Waals surface area contributed by atoms with E-state index in [1.807, 2.05) is 30.3 Å². The number of alkyl halides is 3. The first-order valence-corrected chi connectivity index (χ1v) is 9.56. The molecule has 2 saturated heterocycles. The van der Waals surface area contributed by atoms with Crippen molar-refractivity contribution in [3.63, 3.8) is 0 Å². The molecule has 2 aliphatic heterocycles. The molecule has 31 heavy (non-hydrogen) atoms. The fourth-order valence-electron chi connectivity index (χ4n) is 3.70. The molecule has 3 heterocycles. The van der Waals surface area contributed by atoms with E-state index in [1.165, 1.54) is 0 Å². The molecule has 11 heteroatoms. The van der Waals surface area contributed by atoms with Gasteiger partial charge in [0.15, 0.2) is 0 Å². The Kier molecular flexibility index (Phi) is 7.03. The number of carbonyl (C=O) groups excluding carboxylic acids is 1. The zero-order valence-corrected chi connectivity index (χ0v) is 17.3. The number of halogens is 4. The Labute approximate surface area is 183 Å². The molecule has 0 aliphatic carbocycles. The number of morpholine rings is 1. The molecular weight excluding hydrogens is 437 g/mol. The highest BCUT2D eigenvalue weighted by molar-refractivity contribution is 5.85. The van der Waals surface area contributed by atoms with Crippen molar-refractivity contribution in [2.45, 2.75) is 30.8 Å². The molecule has 7 nitrogen and oxygen atoms in total. The second kappa shape index (κ2) is 9.37. The molecule has 1 amide bonds. The lowest BCUT2D eigenvalue weighted by atomic mass is 9.97. The van der Waals surface area contributed by atoms with E-state index < -0.39 is 23.6 Å². The molecule has 1 aromatic carbocycles. The number of amides is 1. The minimum atomic E-state index is -4.54. The number of nitrogens with zero attached hydrogens (tertiary/aromatic N) is 3. The van der Waals surface area contributed by atoms with Gasteiger partial charge in [0.2, 0.25) is 5.91 Å². The number of aromatic nitrogens is 2. The van der Waals surface area contributed by atoms with Gasteiger partial charge in [0, 0.05) is 25.6 Å². The van der Waals surface area contributed by atoms with Crippen molar-refractivity contribution in [1.29, 1.82) is 0 Å². The van der Waals surface area contributed by atoms with Crippen LogP contribution < -0.4 is 10.2 Å². The normalized spacial score (nSPS) is 23.5. The first-order chi connectivity index (χ1) is 14.3. The number of carbonyl (C=O) groups is 1. The van der Waals surface area contributed by atoms with Gasteiger partial charge in [0.1, 0.15) is 29.5 Å². The number of nitrogens with one attached hydrogen (secondary N) is 1. The van der Waals surface area contributed by atoms with Crippen LogP contribution in [0.2, 0.25) is 0 Å². The largest absolute Gasteiger partial charge is 0.433 e. The quantitative estimate of drug-likeness (QED) is 0.759. The molecule has 2 aliphatic rings. The number of rotatable bonds is 4. The Morgan fingerprint density at radius 1 is 1.26 bits per heavy atom. The van der Waals surface area contributed by atoms with Crippen LogP contribution in [0.25, 0.3) is 0 Å². The fourth-order valence-corrected chi connectivity index (χ4v) is 3.70. The summed E-state index contributed by atoms with van der Waals surface area (Å²) in [5.41, 5.74) is -0.784. The monoisotopic (exact) mass is 458 g/mol. The number of hydrogen-bond acceptors (Lipinski definition) is 6. The molecular formula is C20H22ClF3N4O3. The van der Waals surface area contributed by atoms with Crippen LogP contribution in [0.4, 0.5) is 19.0 Å². The molecule has 1 N–H and O–H groups in total. The lowest BCUT2D eigenvalue weighted by Crippen LogP contribution is -2.53. The van der Waals surface area contributed by atoms with E-state index in [2.05, 4.69) is 15.3 Å². The number of ether oxygens (including phenoxy) is 2. The predicted octanol–water partition coefficient (Wildman–Crippen LogP) is 2.60. The third-order valence-corrected chi connectivity index (χ3v) is 5.22. The standard InChI is InChI=1S/C20H21F3N4O3.ClH/c21-20(22,23)16-8-17(26-13-25-16)27-6-7-30-19(11-27)9-15(29-12-19)18(28)24-10-14-4-2-1-3-5-14;/h1-5,8,13,15H,6-7,9-12H2,(H,24,28);1H. The maximum absolute atomic E-state index is 13.0. The Hall–Kier alpha value is -2.43. The Morgan fingerprint density at radius 2 is 2.03 bits per heavy atom. The number of hydrogen-bond donors (Lipinski definition) is 1. The molecule has 0 bridgehead atoms. The summed E-state index contributed by atoms with van der Waals surface area (Å²) < 4.78 is 50.5. The highest BCUT2D eigenvalue weighted by Gasteiger charge is 2.47. The lowest BCUT2D eigenvalue weighted by molar-refractivity contribution is -0.141. The van der Waals surface area contributed by atoms with Gasteiger partial charge in [-0.2, -0.15) is 13.2 Å². The van der Waals surface area contributed by atoms with Gasteiger partial charge in [-0.15, -0.1) is 12.4 Å². The highest BCUT2D eigenvalue weighted by Crippen LogP contribution is 2.34. The summed E-state index contributed by atoms with van der Waals surface area (Å²) in [4.78, 5) is 21.5. The van der Waals surface area contributed by atoms with Crippen molar-refractivity contribution in [2.75, 3.05) is 31.2 Å². The zero-order valence-electron chi connectivity index (χ0n) is 16.5. The second-order valence-electron chi connectivity index (χ2n) is 7.42. The van der Waals surface area contributed by atoms with Gasteiger partial charge in [-0.05, 0) is 5.56 Å². The lowest BCUT2D eigenvalue weighted by Gasteiger charge is -2.40. The fraction of sp³-hybridized carbons (Fsp3) is 0.450. The van der Waals surface area contributed by atoms with Gasteiger partial charge < -0.3 is 19.7 Å². The highest BCUT2D eigenvalue weighted by atomic mass is 35.5. The van der Waals surface area contributed by atoms with Crippen molar-refractivity contribution >= 4 is 24.1 Å². The second-order valence-corrected chi connectivity index (χ2v) is 7.42. The molecule has 1 spiro atoms. The van der Waals surface area contributed by atoms with Crippen molar-refractivity contribution in [3.8, 4) is 0 Å². The van der Waals surface area contributed by atoms with Crippen LogP contribution in [-0.2, 0) is 27.0 Å². The summed E-state index contributed by atoms with van der Waals surface area (Å²) in [7, 11) is 0. The average molecular weight is 459 g/mol. The average Bonchev–Trinajstić information content (AvgIpc) is 3.15. The van der Waals surface area contributed by atoms with Crippen LogP contribution in [0.5, 0.6) is 0 Å². The van der Waals surface area contributed by atoms with E-state index in [0.29, 0.717) is 26.1 Å². The summed E-state index contributed by atoms with van der Waals surface area (Å²) in [5.74, 6) is -0.0603. The van der Waals surface area contributed by atoms with Crippen molar-refractivity contribution < 1.29 is 27.4 Å². The van der Waals surface area contributed by atoms with E-state index in [0.717, 1.165) is 18.0 Å². The maximum Gasteiger partial charge on any atom is 0.433 e. The molecule has 4 rings (SSSR count). The topological polar surface area (TPSA) is 76.6 Å².